The van der Waals surface area contributed by atoms with E-state index >= 15 is 0 Å². The molecule has 4 saturated carbocycles. The molecule has 180 valence electrons. The average Bonchev–Trinajstić information content (AvgIpc) is 3.17. The van der Waals surface area contributed by atoms with Gasteiger partial charge < -0.3 is 14.6 Å². The Morgan fingerprint density at radius 2 is 2.03 bits per heavy atom. The number of halogens is 1. The number of aryl methyl sites for hydroxylation is 1. The van der Waals surface area contributed by atoms with Gasteiger partial charge in [0.1, 0.15) is 11.6 Å². The minimum atomic E-state index is -0.197. The Bertz CT molecular complexity index is 1280. The predicted octanol–water partition coefficient (Wildman–Crippen LogP) is 4.06. The first-order chi connectivity index (χ1) is 16.4. The molecular weight excluding hydrogens is 433 g/mol. The first-order valence-electron chi connectivity index (χ1n) is 12.5. The van der Waals surface area contributed by atoms with Gasteiger partial charge in [-0.05, 0) is 74.5 Å². The molecule has 1 aromatic carbocycles. The number of aromatic nitrogens is 4. The van der Waals surface area contributed by atoms with Gasteiger partial charge in [-0.2, -0.15) is 4.98 Å². The van der Waals surface area contributed by atoms with Gasteiger partial charge in [-0.25, -0.2) is 9.37 Å². The quantitative estimate of drug-likeness (QED) is 0.550. The number of aromatic amines is 1. The van der Waals surface area contributed by atoms with Crippen molar-refractivity contribution in [2.45, 2.75) is 75.9 Å². The van der Waals surface area contributed by atoms with Crippen LogP contribution >= 0.6 is 0 Å². The summed E-state index contributed by atoms with van der Waals surface area (Å²) in [5.41, 5.74) is 1.75. The molecule has 4 aliphatic rings. The van der Waals surface area contributed by atoms with Crippen LogP contribution in [-0.2, 0) is 18.5 Å². The van der Waals surface area contributed by atoms with Crippen LogP contribution in [0.2, 0.25) is 0 Å². The molecule has 0 radical (unpaired) electrons. The molecule has 34 heavy (non-hydrogen) atoms. The summed E-state index contributed by atoms with van der Waals surface area (Å²) in [5.74, 6) is 2.10. The number of ether oxygens (including phenoxy) is 1. The molecule has 0 aliphatic heterocycles. The van der Waals surface area contributed by atoms with Crippen LogP contribution in [0.5, 0.6) is 6.01 Å². The number of hydrogen-bond acceptors (Lipinski definition) is 5. The van der Waals surface area contributed by atoms with Crippen LogP contribution in [-0.4, -0.2) is 32.2 Å². The molecule has 7 rings (SSSR count). The van der Waals surface area contributed by atoms with Gasteiger partial charge in [0.2, 0.25) is 0 Å². The first kappa shape index (κ1) is 21.8. The number of hydrogen-bond donors (Lipinski definition) is 2. The highest BCUT2D eigenvalue weighted by Crippen LogP contribution is 2.62. The van der Waals surface area contributed by atoms with Crippen molar-refractivity contribution >= 4 is 11.2 Å². The van der Waals surface area contributed by atoms with E-state index in [1.807, 2.05) is 6.07 Å². The van der Waals surface area contributed by atoms with Gasteiger partial charge >= 0.3 is 0 Å². The largest absolute Gasteiger partial charge is 0.468 e. The Labute approximate surface area is 198 Å². The second-order valence-corrected chi connectivity index (χ2v) is 10.8. The maximum absolute atomic E-state index is 13.8. The Balaban J connectivity index is 1.40. The second-order valence-electron chi connectivity index (χ2n) is 10.8. The number of nitrogens with one attached hydrogen (secondary N) is 2. The monoisotopic (exact) mass is 465 g/mol. The number of nitrogens with zero attached hydrogens (tertiary/aromatic N) is 3. The van der Waals surface area contributed by atoms with Crippen molar-refractivity contribution in [1.29, 1.82) is 0 Å². The van der Waals surface area contributed by atoms with Crippen molar-refractivity contribution < 1.29 is 9.13 Å². The zero-order valence-electron chi connectivity index (χ0n) is 19.9. The SMILES string of the molecule is CCCn1c(C23CC4CC(CC(NCc5cccc(F)c5)(C4)C2)C3)nc2nc(OC)[nH]c(=O)c21. The van der Waals surface area contributed by atoms with E-state index in [1.54, 1.807) is 12.1 Å². The van der Waals surface area contributed by atoms with Gasteiger partial charge in [-0.15, -0.1) is 0 Å². The van der Waals surface area contributed by atoms with E-state index in [0.29, 0.717) is 29.5 Å². The fraction of sp³-hybridized carbons (Fsp3) is 0.577. The molecule has 4 bridgehead atoms. The fourth-order valence-corrected chi connectivity index (χ4v) is 7.63. The number of imidazole rings is 1. The van der Waals surface area contributed by atoms with E-state index in [9.17, 15) is 9.18 Å². The highest BCUT2D eigenvalue weighted by molar-refractivity contribution is 5.71. The third-order valence-electron chi connectivity index (χ3n) is 8.32. The molecule has 2 atom stereocenters. The lowest BCUT2D eigenvalue weighted by molar-refractivity contribution is -0.0460. The molecule has 3 aromatic rings. The van der Waals surface area contributed by atoms with Crippen molar-refractivity contribution in [3.05, 3.63) is 51.8 Å². The van der Waals surface area contributed by atoms with Crippen LogP contribution in [0.15, 0.2) is 29.1 Å². The van der Waals surface area contributed by atoms with Crippen LogP contribution in [0.3, 0.4) is 0 Å². The molecule has 2 aromatic heterocycles. The molecule has 0 saturated heterocycles. The second kappa shape index (κ2) is 7.90. The third kappa shape index (κ3) is 3.45. The average molecular weight is 466 g/mol. The summed E-state index contributed by atoms with van der Waals surface area (Å²) in [7, 11) is 1.50. The number of fused-ring (bicyclic) bond motifs is 1. The molecule has 0 spiro atoms. The molecule has 8 heteroatoms. The summed E-state index contributed by atoms with van der Waals surface area (Å²) in [6.07, 6.45) is 7.69. The van der Waals surface area contributed by atoms with E-state index in [1.165, 1.54) is 19.6 Å². The van der Waals surface area contributed by atoms with Gasteiger partial charge in [-0.1, -0.05) is 19.1 Å². The number of methoxy groups -OCH3 is 1. The van der Waals surface area contributed by atoms with Crippen molar-refractivity contribution in [3.8, 4) is 6.01 Å². The molecule has 2 heterocycles. The third-order valence-corrected chi connectivity index (χ3v) is 8.32. The molecule has 2 unspecified atom stereocenters. The molecule has 7 nitrogen and oxygen atoms in total. The summed E-state index contributed by atoms with van der Waals surface area (Å²) in [4.78, 5) is 25.2. The lowest BCUT2D eigenvalue weighted by Gasteiger charge is -2.62. The van der Waals surface area contributed by atoms with Crippen LogP contribution in [0.25, 0.3) is 11.2 Å². The van der Waals surface area contributed by atoms with Gasteiger partial charge in [0.15, 0.2) is 11.2 Å². The van der Waals surface area contributed by atoms with Crippen LogP contribution < -0.4 is 15.6 Å². The predicted molar refractivity (Wildman–Crippen MR) is 127 cm³/mol. The standard InChI is InChI=1S/C26H32FN5O2/c1-3-7-32-20-21(30-24(34-2)31-22(20)33)29-23(32)25-10-17-8-18(11-25)13-26(12-17,15-25)28-14-16-5-4-6-19(27)9-16/h4-6,9,17-18,28H,3,7-8,10-15H2,1-2H3,(H,30,31,33). The van der Waals surface area contributed by atoms with E-state index in [2.05, 4.69) is 26.8 Å². The summed E-state index contributed by atoms with van der Waals surface area (Å²) in [5, 5.41) is 3.87. The summed E-state index contributed by atoms with van der Waals surface area (Å²) in [6, 6.07) is 7.07. The van der Waals surface area contributed by atoms with Crippen molar-refractivity contribution in [2.24, 2.45) is 11.8 Å². The Kier molecular flexibility index (Phi) is 5.06. The van der Waals surface area contributed by atoms with E-state index in [4.69, 9.17) is 9.72 Å². The van der Waals surface area contributed by atoms with Gasteiger partial charge in [0.25, 0.3) is 11.6 Å². The Morgan fingerprint density at radius 1 is 1.24 bits per heavy atom. The number of benzene rings is 1. The molecule has 4 fully saturated rings. The van der Waals surface area contributed by atoms with Crippen molar-refractivity contribution in [1.82, 2.24) is 24.8 Å². The highest BCUT2D eigenvalue weighted by atomic mass is 19.1. The Hall–Kier alpha value is -2.74. The van der Waals surface area contributed by atoms with Crippen molar-refractivity contribution in [2.75, 3.05) is 7.11 Å². The maximum atomic E-state index is 13.8. The summed E-state index contributed by atoms with van der Waals surface area (Å²) >= 11 is 0. The normalized spacial score (nSPS) is 29.7. The Morgan fingerprint density at radius 3 is 2.74 bits per heavy atom. The minimum Gasteiger partial charge on any atom is -0.468 e. The van der Waals surface area contributed by atoms with Crippen LogP contribution in [0.1, 0.15) is 63.3 Å². The van der Waals surface area contributed by atoms with Gasteiger partial charge in [-0.3, -0.25) is 9.78 Å². The van der Waals surface area contributed by atoms with Gasteiger partial charge in [0, 0.05) is 24.0 Å². The topological polar surface area (TPSA) is 84.8 Å². The maximum Gasteiger partial charge on any atom is 0.298 e. The smallest absolute Gasteiger partial charge is 0.298 e. The molecular formula is C26H32FN5O2. The molecule has 0 amide bonds. The highest BCUT2D eigenvalue weighted by Gasteiger charge is 2.59. The molecule has 2 N–H and O–H groups in total. The van der Waals surface area contributed by atoms with Crippen LogP contribution in [0.4, 0.5) is 4.39 Å². The van der Waals surface area contributed by atoms with Crippen LogP contribution in [0, 0.1) is 17.7 Å². The van der Waals surface area contributed by atoms with Gasteiger partial charge in [0.05, 0.1) is 7.11 Å². The lowest BCUT2D eigenvalue weighted by Crippen LogP contribution is -2.63. The van der Waals surface area contributed by atoms with E-state index in [-0.39, 0.29) is 28.3 Å². The molecule has 4 aliphatic carbocycles. The van der Waals surface area contributed by atoms with Crippen molar-refractivity contribution in [3.63, 3.8) is 0 Å². The zero-order chi connectivity index (χ0) is 23.5. The lowest BCUT2D eigenvalue weighted by atomic mass is 9.46. The fourth-order valence-electron chi connectivity index (χ4n) is 7.63. The summed E-state index contributed by atoms with van der Waals surface area (Å²) in [6.45, 7) is 3.53. The number of rotatable bonds is 7. The number of H-pyrrole nitrogens is 1. The van der Waals surface area contributed by atoms with E-state index in [0.717, 1.165) is 56.5 Å². The van der Waals surface area contributed by atoms with E-state index < -0.39 is 0 Å². The first-order valence-corrected chi connectivity index (χ1v) is 12.5. The summed E-state index contributed by atoms with van der Waals surface area (Å²) < 4.78 is 21.1. The zero-order valence-corrected chi connectivity index (χ0v) is 19.9. The minimum absolute atomic E-state index is 0.0170.